The number of amides is 1. The molecule has 0 saturated heterocycles. The van der Waals surface area contributed by atoms with E-state index in [0.29, 0.717) is 5.92 Å². The number of carbonyl (C=O) groups is 1. The van der Waals surface area contributed by atoms with E-state index in [-0.39, 0.29) is 24.5 Å². The summed E-state index contributed by atoms with van der Waals surface area (Å²) in [4.78, 5) is 12.1. The fourth-order valence-electron chi connectivity index (χ4n) is 2.27. The van der Waals surface area contributed by atoms with E-state index in [1.165, 1.54) is 12.8 Å². The Kier molecular flexibility index (Phi) is 4.81. The minimum Gasteiger partial charge on any atom is -0.384 e. The minimum atomic E-state index is -0.143. The van der Waals surface area contributed by atoms with Crippen molar-refractivity contribution in [2.45, 2.75) is 32.7 Å². The molecule has 1 amide bonds. The van der Waals surface area contributed by atoms with E-state index in [1.807, 2.05) is 38.1 Å². The van der Waals surface area contributed by atoms with Crippen LogP contribution in [0.25, 0.3) is 0 Å². The quantitative estimate of drug-likeness (QED) is 0.825. The third-order valence-corrected chi connectivity index (χ3v) is 3.80. The smallest absolute Gasteiger partial charge is 0.223 e. The molecule has 20 heavy (non-hydrogen) atoms. The maximum absolute atomic E-state index is 12.1. The Balaban J connectivity index is 2.01. The van der Waals surface area contributed by atoms with Crippen molar-refractivity contribution in [1.82, 2.24) is 5.32 Å². The first-order valence-corrected chi connectivity index (χ1v) is 7.12. The van der Waals surface area contributed by atoms with Crippen LogP contribution in [0.3, 0.4) is 0 Å². The molecular formula is C17H21NO2. The Morgan fingerprint density at radius 1 is 1.45 bits per heavy atom. The van der Waals surface area contributed by atoms with E-state index in [2.05, 4.69) is 17.2 Å². The van der Waals surface area contributed by atoms with Crippen LogP contribution in [0.4, 0.5) is 0 Å². The summed E-state index contributed by atoms with van der Waals surface area (Å²) in [5.41, 5.74) is 1.89. The summed E-state index contributed by atoms with van der Waals surface area (Å²) in [5.74, 6) is 6.32. The van der Waals surface area contributed by atoms with Gasteiger partial charge in [-0.05, 0) is 43.4 Å². The summed E-state index contributed by atoms with van der Waals surface area (Å²) in [6.07, 6.45) is 2.35. The second-order valence-corrected chi connectivity index (χ2v) is 5.44. The van der Waals surface area contributed by atoms with Gasteiger partial charge in [-0.3, -0.25) is 4.79 Å². The van der Waals surface area contributed by atoms with Gasteiger partial charge >= 0.3 is 0 Å². The van der Waals surface area contributed by atoms with Crippen LogP contribution in [0, 0.1) is 23.7 Å². The van der Waals surface area contributed by atoms with E-state index >= 15 is 0 Å². The topological polar surface area (TPSA) is 49.3 Å². The van der Waals surface area contributed by atoms with E-state index in [4.69, 9.17) is 5.11 Å². The SMILES string of the molecule is CC(NC(=O)C(C)C1CC1)c1cccc(C#CCO)c1. The van der Waals surface area contributed by atoms with Crippen molar-refractivity contribution in [1.29, 1.82) is 0 Å². The average molecular weight is 271 g/mol. The first-order chi connectivity index (χ1) is 9.61. The van der Waals surface area contributed by atoms with E-state index in [1.54, 1.807) is 0 Å². The number of rotatable bonds is 4. The zero-order valence-electron chi connectivity index (χ0n) is 12.0. The molecular weight excluding hydrogens is 250 g/mol. The molecule has 106 valence electrons. The summed E-state index contributed by atoms with van der Waals surface area (Å²) >= 11 is 0. The molecule has 1 aliphatic carbocycles. The van der Waals surface area contributed by atoms with E-state index in [9.17, 15) is 4.79 Å². The highest BCUT2D eigenvalue weighted by Crippen LogP contribution is 2.36. The molecule has 2 unspecified atom stereocenters. The van der Waals surface area contributed by atoms with Crippen molar-refractivity contribution in [3.63, 3.8) is 0 Å². The van der Waals surface area contributed by atoms with Crippen molar-refractivity contribution in [3.8, 4) is 11.8 Å². The maximum Gasteiger partial charge on any atom is 0.223 e. The Bertz CT molecular complexity index is 537. The third-order valence-electron chi connectivity index (χ3n) is 3.80. The molecule has 2 atom stereocenters. The molecule has 2 N–H and O–H groups in total. The van der Waals surface area contributed by atoms with Gasteiger partial charge in [-0.1, -0.05) is 30.9 Å². The Hall–Kier alpha value is -1.79. The third kappa shape index (κ3) is 3.85. The molecule has 0 aliphatic heterocycles. The lowest BCUT2D eigenvalue weighted by Gasteiger charge is -2.18. The van der Waals surface area contributed by atoms with Crippen molar-refractivity contribution in [2.75, 3.05) is 6.61 Å². The van der Waals surface area contributed by atoms with Gasteiger partial charge < -0.3 is 10.4 Å². The molecule has 1 aromatic carbocycles. The Morgan fingerprint density at radius 2 is 2.20 bits per heavy atom. The monoisotopic (exact) mass is 271 g/mol. The van der Waals surface area contributed by atoms with Gasteiger partial charge in [0.15, 0.2) is 0 Å². The van der Waals surface area contributed by atoms with Crippen molar-refractivity contribution >= 4 is 5.91 Å². The summed E-state index contributed by atoms with van der Waals surface area (Å²) in [7, 11) is 0. The lowest BCUT2D eigenvalue weighted by atomic mass is 10.0. The highest BCUT2D eigenvalue weighted by molar-refractivity contribution is 5.79. The van der Waals surface area contributed by atoms with E-state index in [0.717, 1.165) is 11.1 Å². The fraction of sp³-hybridized carbons (Fsp3) is 0.471. The predicted molar refractivity (Wildman–Crippen MR) is 78.9 cm³/mol. The van der Waals surface area contributed by atoms with Gasteiger partial charge in [-0.15, -0.1) is 0 Å². The van der Waals surface area contributed by atoms with Gasteiger partial charge in [0.25, 0.3) is 0 Å². The summed E-state index contributed by atoms with van der Waals surface area (Å²) in [6, 6.07) is 7.73. The minimum absolute atomic E-state index is 0.0282. The number of aliphatic hydroxyl groups excluding tert-OH is 1. The van der Waals surface area contributed by atoms with Gasteiger partial charge in [0.2, 0.25) is 5.91 Å². The maximum atomic E-state index is 12.1. The van der Waals surface area contributed by atoms with Crippen LogP contribution in [0.2, 0.25) is 0 Å². The molecule has 0 heterocycles. The highest BCUT2D eigenvalue weighted by atomic mass is 16.2. The normalized spacial score (nSPS) is 16.8. The fourth-order valence-corrected chi connectivity index (χ4v) is 2.27. The Morgan fingerprint density at radius 3 is 2.85 bits per heavy atom. The van der Waals surface area contributed by atoms with Gasteiger partial charge in [0, 0.05) is 11.5 Å². The first-order valence-electron chi connectivity index (χ1n) is 7.12. The van der Waals surface area contributed by atoms with Crippen molar-refractivity contribution in [2.24, 2.45) is 11.8 Å². The van der Waals surface area contributed by atoms with Gasteiger partial charge in [-0.2, -0.15) is 0 Å². The molecule has 0 spiro atoms. The van der Waals surface area contributed by atoms with Crippen LogP contribution in [0.15, 0.2) is 24.3 Å². The average Bonchev–Trinajstić information content (AvgIpc) is 3.29. The summed E-state index contributed by atoms with van der Waals surface area (Å²) in [6.45, 7) is 3.84. The van der Waals surface area contributed by atoms with Crippen LogP contribution in [-0.4, -0.2) is 17.6 Å². The van der Waals surface area contributed by atoms with Crippen LogP contribution in [0.1, 0.15) is 43.9 Å². The van der Waals surface area contributed by atoms with Gasteiger partial charge in [-0.25, -0.2) is 0 Å². The lowest BCUT2D eigenvalue weighted by Crippen LogP contribution is -2.32. The van der Waals surface area contributed by atoms with Crippen molar-refractivity contribution < 1.29 is 9.90 Å². The first kappa shape index (κ1) is 14.6. The molecule has 1 aliphatic rings. The number of benzene rings is 1. The van der Waals surface area contributed by atoms with Crippen LogP contribution >= 0.6 is 0 Å². The molecule has 0 radical (unpaired) electrons. The predicted octanol–water partition coefficient (Wildman–Crippen LogP) is 2.25. The molecule has 2 rings (SSSR count). The van der Waals surface area contributed by atoms with Crippen LogP contribution in [0.5, 0.6) is 0 Å². The zero-order chi connectivity index (χ0) is 14.5. The standard InChI is InChI=1S/C17H21NO2/c1-12(15-8-9-15)17(20)18-13(2)16-7-3-5-14(11-16)6-4-10-19/h3,5,7,11-13,15,19H,8-10H2,1-2H3,(H,18,20). The van der Waals surface area contributed by atoms with Crippen LogP contribution < -0.4 is 5.32 Å². The lowest BCUT2D eigenvalue weighted by molar-refractivity contribution is -0.125. The highest BCUT2D eigenvalue weighted by Gasteiger charge is 2.32. The molecule has 1 saturated carbocycles. The number of aliphatic hydroxyl groups is 1. The Labute approximate surface area is 120 Å². The molecule has 3 nitrogen and oxygen atoms in total. The number of hydrogen-bond donors (Lipinski definition) is 2. The molecule has 1 aromatic rings. The molecule has 0 aromatic heterocycles. The molecule has 3 heteroatoms. The number of nitrogens with one attached hydrogen (secondary N) is 1. The number of carbonyl (C=O) groups excluding carboxylic acids is 1. The van der Waals surface area contributed by atoms with Crippen LogP contribution in [-0.2, 0) is 4.79 Å². The second-order valence-electron chi connectivity index (χ2n) is 5.44. The molecule has 0 bridgehead atoms. The second kappa shape index (κ2) is 6.58. The zero-order valence-corrected chi connectivity index (χ0v) is 12.0. The largest absolute Gasteiger partial charge is 0.384 e. The van der Waals surface area contributed by atoms with Crippen molar-refractivity contribution in [3.05, 3.63) is 35.4 Å². The summed E-state index contributed by atoms with van der Waals surface area (Å²) in [5, 5.41) is 11.8. The van der Waals surface area contributed by atoms with E-state index < -0.39 is 0 Å². The summed E-state index contributed by atoms with van der Waals surface area (Å²) < 4.78 is 0. The van der Waals surface area contributed by atoms with Gasteiger partial charge in [0.1, 0.15) is 6.61 Å². The van der Waals surface area contributed by atoms with Gasteiger partial charge in [0.05, 0.1) is 6.04 Å². The molecule has 1 fully saturated rings. The number of hydrogen-bond acceptors (Lipinski definition) is 2.